The molecule has 0 radical (unpaired) electrons. The highest BCUT2D eigenvalue weighted by Crippen LogP contribution is 2.03. The van der Waals surface area contributed by atoms with Crippen molar-refractivity contribution in [3.63, 3.8) is 0 Å². The molecule has 32 heavy (non-hydrogen) atoms. The summed E-state index contributed by atoms with van der Waals surface area (Å²) >= 11 is 0. The molecule has 0 fully saturated rings. The van der Waals surface area contributed by atoms with E-state index in [9.17, 15) is 33.6 Å². The number of nitrogens with two attached hydrogens (primary N) is 3. The average molecular weight is 462 g/mol. The minimum Gasteiger partial charge on any atom is -0.481 e. The van der Waals surface area contributed by atoms with Crippen molar-refractivity contribution >= 4 is 41.5 Å². The Balaban J connectivity index is 5.51. The van der Waals surface area contributed by atoms with Gasteiger partial charge in [-0.1, -0.05) is 0 Å². The highest BCUT2D eigenvalue weighted by molar-refractivity contribution is 5.96. The van der Waals surface area contributed by atoms with Gasteiger partial charge in [-0.15, -0.1) is 0 Å². The minimum atomic E-state index is -1.75. The summed E-state index contributed by atoms with van der Waals surface area (Å²) in [5.41, 5.74) is 15.4. The van der Waals surface area contributed by atoms with Gasteiger partial charge in [-0.3, -0.25) is 28.8 Å². The maximum atomic E-state index is 12.6. The summed E-state index contributed by atoms with van der Waals surface area (Å²) in [5, 5.41) is 32.8. The number of carbonyl (C=O) groups excluding carboxylic acids is 5. The van der Waals surface area contributed by atoms with Gasteiger partial charge in [-0.25, -0.2) is 4.79 Å². The standard InChI is InChI=1S/C16H26N6O10/c17-6(3-10(18)24)13(28)20-7(1-2-12(26)27)14(29)21-8(4-11(19)25)15(30)22-9(5-23)16(31)32/h6-9,23H,1-5,17H2,(H2,18,24)(H2,19,25)(H,20,28)(H,21,29)(H,22,30)(H,26,27)(H,31,32). The number of hydrogen-bond donors (Lipinski definition) is 9. The molecular formula is C16H26N6O10. The molecule has 0 spiro atoms. The summed E-state index contributed by atoms with van der Waals surface area (Å²) in [6, 6.07) is -6.46. The van der Waals surface area contributed by atoms with Crippen molar-refractivity contribution in [3.05, 3.63) is 0 Å². The zero-order valence-corrected chi connectivity index (χ0v) is 16.8. The highest BCUT2D eigenvalue weighted by atomic mass is 16.4. The van der Waals surface area contributed by atoms with Crippen LogP contribution >= 0.6 is 0 Å². The highest BCUT2D eigenvalue weighted by Gasteiger charge is 2.31. The number of rotatable bonds is 15. The molecule has 0 aliphatic heterocycles. The number of primary amides is 2. The fraction of sp³-hybridized carbons (Fsp3) is 0.562. The maximum Gasteiger partial charge on any atom is 0.328 e. The van der Waals surface area contributed by atoms with Crippen LogP contribution in [0.4, 0.5) is 0 Å². The second-order valence-electron chi connectivity index (χ2n) is 6.58. The van der Waals surface area contributed by atoms with Gasteiger partial charge in [0.25, 0.3) is 0 Å². The molecule has 4 unspecified atom stereocenters. The van der Waals surface area contributed by atoms with Gasteiger partial charge in [0, 0.05) is 6.42 Å². The molecule has 180 valence electrons. The Kier molecular flexibility index (Phi) is 11.9. The summed E-state index contributed by atoms with van der Waals surface area (Å²) in [7, 11) is 0. The Bertz CT molecular complexity index is 758. The number of aliphatic hydroxyl groups excluding tert-OH is 1. The summed E-state index contributed by atoms with van der Waals surface area (Å²) in [5.74, 6) is -8.21. The molecule has 0 bridgehead atoms. The normalized spacial score (nSPS) is 14.2. The molecule has 12 N–H and O–H groups in total. The molecule has 5 amide bonds. The lowest BCUT2D eigenvalue weighted by atomic mass is 10.1. The van der Waals surface area contributed by atoms with Gasteiger partial charge in [-0.2, -0.15) is 0 Å². The molecule has 0 aliphatic carbocycles. The van der Waals surface area contributed by atoms with Crippen LogP contribution in [0, 0.1) is 0 Å². The first kappa shape index (κ1) is 28.2. The van der Waals surface area contributed by atoms with Crippen molar-refractivity contribution < 1.29 is 48.9 Å². The van der Waals surface area contributed by atoms with Crippen LogP contribution in [0.1, 0.15) is 25.7 Å². The van der Waals surface area contributed by atoms with Crippen LogP contribution in [0.15, 0.2) is 0 Å². The summed E-state index contributed by atoms with van der Waals surface area (Å²) in [6.07, 6.45) is -2.41. The number of carboxylic acids is 2. The van der Waals surface area contributed by atoms with Crippen LogP contribution in [0.3, 0.4) is 0 Å². The van der Waals surface area contributed by atoms with Crippen LogP contribution < -0.4 is 33.2 Å². The van der Waals surface area contributed by atoms with Crippen molar-refractivity contribution in [2.24, 2.45) is 17.2 Å². The van der Waals surface area contributed by atoms with Crippen LogP contribution in [-0.2, 0) is 33.6 Å². The maximum absolute atomic E-state index is 12.6. The molecule has 16 heteroatoms. The van der Waals surface area contributed by atoms with Crippen molar-refractivity contribution in [3.8, 4) is 0 Å². The van der Waals surface area contributed by atoms with E-state index in [2.05, 4.69) is 10.6 Å². The molecule has 16 nitrogen and oxygen atoms in total. The van der Waals surface area contributed by atoms with E-state index >= 15 is 0 Å². The predicted octanol–water partition coefficient (Wildman–Crippen LogP) is -5.54. The molecule has 0 aromatic rings. The lowest BCUT2D eigenvalue weighted by molar-refractivity contribution is -0.143. The van der Waals surface area contributed by atoms with E-state index in [1.807, 2.05) is 5.32 Å². The fourth-order valence-corrected chi connectivity index (χ4v) is 2.27. The first-order valence-corrected chi connectivity index (χ1v) is 9.07. The van der Waals surface area contributed by atoms with Crippen LogP contribution in [-0.4, -0.2) is 87.6 Å². The van der Waals surface area contributed by atoms with E-state index in [0.29, 0.717) is 0 Å². The number of aliphatic hydroxyl groups is 1. The third kappa shape index (κ3) is 10.8. The smallest absolute Gasteiger partial charge is 0.328 e. The number of nitrogens with one attached hydrogen (secondary N) is 3. The molecule has 0 aliphatic rings. The SMILES string of the molecule is NC(=O)CC(N)C(=O)NC(CCC(=O)O)C(=O)NC(CC(N)=O)C(=O)NC(CO)C(=O)O. The molecular weight excluding hydrogens is 436 g/mol. The number of hydrogen-bond acceptors (Lipinski definition) is 9. The minimum absolute atomic E-state index is 0.463. The van der Waals surface area contributed by atoms with Crippen molar-refractivity contribution in [1.82, 2.24) is 16.0 Å². The molecule has 0 saturated carbocycles. The molecule has 0 aromatic carbocycles. The van der Waals surface area contributed by atoms with Gasteiger partial charge < -0.3 is 48.5 Å². The topological polar surface area (TPSA) is 294 Å². The van der Waals surface area contributed by atoms with E-state index < -0.39 is 97.9 Å². The Morgan fingerprint density at radius 1 is 0.719 bits per heavy atom. The van der Waals surface area contributed by atoms with Gasteiger partial charge >= 0.3 is 11.9 Å². The Labute approximate surface area is 180 Å². The van der Waals surface area contributed by atoms with Gasteiger partial charge in [0.2, 0.25) is 29.5 Å². The third-order valence-electron chi connectivity index (χ3n) is 3.87. The number of aliphatic carboxylic acids is 2. The number of carboxylic acid groups (broad SMARTS) is 2. The third-order valence-corrected chi connectivity index (χ3v) is 3.87. The van der Waals surface area contributed by atoms with Crippen LogP contribution in [0.2, 0.25) is 0 Å². The zero-order valence-electron chi connectivity index (χ0n) is 16.8. The van der Waals surface area contributed by atoms with Crippen molar-refractivity contribution in [2.45, 2.75) is 49.9 Å². The number of carbonyl (C=O) groups is 7. The van der Waals surface area contributed by atoms with Crippen LogP contribution in [0.5, 0.6) is 0 Å². The predicted molar refractivity (Wildman–Crippen MR) is 103 cm³/mol. The lowest BCUT2D eigenvalue weighted by Crippen LogP contribution is -2.58. The Hall–Kier alpha value is -3.79. The molecule has 0 saturated heterocycles. The molecule has 4 atom stereocenters. The van der Waals surface area contributed by atoms with E-state index in [-0.39, 0.29) is 0 Å². The van der Waals surface area contributed by atoms with Gasteiger partial charge in [0.15, 0.2) is 0 Å². The lowest BCUT2D eigenvalue weighted by Gasteiger charge is -2.24. The first-order chi connectivity index (χ1) is 14.8. The summed E-state index contributed by atoms with van der Waals surface area (Å²) in [4.78, 5) is 80.9. The fourth-order valence-electron chi connectivity index (χ4n) is 2.27. The van der Waals surface area contributed by atoms with Gasteiger partial charge in [0.1, 0.15) is 18.1 Å². The second kappa shape index (κ2) is 13.5. The number of amides is 5. The van der Waals surface area contributed by atoms with E-state index in [1.54, 1.807) is 0 Å². The quantitative estimate of drug-likeness (QED) is 0.110. The van der Waals surface area contributed by atoms with Gasteiger partial charge in [-0.05, 0) is 6.42 Å². The summed E-state index contributed by atoms with van der Waals surface area (Å²) in [6.45, 7) is -0.993. The molecule has 0 heterocycles. The van der Waals surface area contributed by atoms with Crippen LogP contribution in [0.25, 0.3) is 0 Å². The molecule has 0 aromatic heterocycles. The van der Waals surface area contributed by atoms with Crippen molar-refractivity contribution in [2.75, 3.05) is 6.61 Å². The van der Waals surface area contributed by atoms with E-state index in [1.165, 1.54) is 0 Å². The van der Waals surface area contributed by atoms with Gasteiger partial charge in [0.05, 0.1) is 25.5 Å². The zero-order chi connectivity index (χ0) is 25.0. The monoisotopic (exact) mass is 462 g/mol. The van der Waals surface area contributed by atoms with Crippen molar-refractivity contribution in [1.29, 1.82) is 0 Å². The Morgan fingerprint density at radius 3 is 1.62 bits per heavy atom. The molecule has 0 rings (SSSR count). The summed E-state index contributed by atoms with van der Waals surface area (Å²) < 4.78 is 0. The largest absolute Gasteiger partial charge is 0.481 e. The van der Waals surface area contributed by atoms with E-state index in [0.717, 1.165) is 0 Å². The Morgan fingerprint density at radius 2 is 1.19 bits per heavy atom. The first-order valence-electron chi connectivity index (χ1n) is 9.07. The average Bonchev–Trinajstić information content (AvgIpc) is 2.66. The second-order valence-corrected chi connectivity index (χ2v) is 6.58. The van der Waals surface area contributed by atoms with E-state index in [4.69, 9.17) is 32.5 Å².